The second-order valence-electron chi connectivity index (χ2n) is 8.23. The van der Waals surface area contributed by atoms with Crippen LogP contribution in [0.4, 0.5) is 0 Å². The minimum Gasteiger partial charge on any atom is -0.507 e. The van der Waals surface area contributed by atoms with Crippen molar-refractivity contribution >= 4 is 29.3 Å². The molecule has 2 aromatic carbocycles. The molecule has 7 nitrogen and oxygen atoms in total. The van der Waals surface area contributed by atoms with Crippen LogP contribution in [-0.2, 0) is 4.79 Å². The fourth-order valence-corrected chi connectivity index (χ4v) is 4.48. The fraction of sp³-hybridized carbons (Fsp3) is 0.375. The molecule has 32 heavy (non-hydrogen) atoms. The van der Waals surface area contributed by atoms with Gasteiger partial charge in [-0.3, -0.25) is 14.4 Å². The smallest absolute Gasteiger partial charge is 0.257 e. The summed E-state index contributed by atoms with van der Waals surface area (Å²) in [6.45, 7) is 2.75. The van der Waals surface area contributed by atoms with Gasteiger partial charge in [-0.25, -0.2) is 0 Å². The first-order chi connectivity index (χ1) is 15.4. The van der Waals surface area contributed by atoms with Gasteiger partial charge in [0.2, 0.25) is 5.91 Å². The average Bonchev–Trinajstić information content (AvgIpc) is 2.84. The first-order valence-corrected chi connectivity index (χ1v) is 11.2. The largest absolute Gasteiger partial charge is 0.507 e. The number of amides is 3. The van der Waals surface area contributed by atoms with Crippen LogP contribution >= 0.6 is 11.6 Å². The number of hydrogen-bond acceptors (Lipinski definition) is 4. The number of likely N-dealkylation sites (tertiary alicyclic amines) is 1. The summed E-state index contributed by atoms with van der Waals surface area (Å²) in [5.74, 6) is -0.554. The summed E-state index contributed by atoms with van der Waals surface area (Å²) in [4.78, 5) is 43.8. The highest BCUT2D eigenvalue weighted by Crippen LogP contribution is 2.23. The Morgan fingerprint density at radius 1 is 0.812 bits per heavy atom. The summed E-state index contributed by atoms with van der Waals surface area (Å²) in [7, 11) is 0. The summed E-state index contributed by atoms with van der Waals surface area (Å²) < 4.78 is 0. The van der Waals surface area contributed by atoms with E-state index in [2.05, 4.69) is 0 Å². The molecule has 0 bridgehead atoms. The molecular formula is C24H26ClN3O4. The van der Waals surface area contributed by atoms with Gasteiger partial charge < -0.3 is 19.8 Å². The number of rotatable bonds is 3. The molecule has 1 N–H and O–H groups in total. The number of phenolic OH excluding ortho intramolecular Hbond substituents is 1. The second-order valence-corrected chi connectivity index (χ2v) is 8.67. The molecule has 0 saturated carbocycles. The van der Waals surface area contributed by atoms with Crippen molar-refractivity contribution in [3.05, 3.63) is 64.7 Å². The molecule has 2 aliphatic rings. The van der Waals surface area contributed by atoms with E-state index in [1.54, 1.807) is 57.2 Å². The van der Waals surface area contributed by atoms with Crippen LogP contribution in [0.1, 0.15) is 33.6 Å². The van der Waals surface area contributed by atoms with Crippen molar-refractivity contribution in [1.29, 1.82) is 0 Å². The molecule has 0 aliphatic carbocycles. The summed E-state index contributed by atoms with van der Waals surface area (Å²) in [5.41, 5.74) is 0.842. The molecule has 1 unspecified atom stereocenters. The van der Waals surface area contributed by atoms with E-state index >= 15 is 0 Å². The molecule has 2 saturated heterocycles. The normalized spacial score (nSPS) is 19.0. The Kier molecular flexibility index (Phi) is 6.65. The number of nitrogens with zero attached hydrogens (tertiary/aromatic N) is 3. The number of carbonyl (C=O) groups excluding carboxylic acids is 3. The molecule has 0 radical (unpaired) electrons. The predicted molar refractivity (Wildman–Crippen MR) is 121 cm³/mol. The Labute approximate surface area is 192 Å². The highest BCUT2D eigenvalue weighted by Gasteiger charge is 2.33. The Morgan fingerprint density at radius 2 is 1.47 bits per heavy atom. The second kappa shape index (κ2) is 9.61. The van der Waals surface area contributed by atoms with Crippen LogP contribution in [0.15, 0.2) is 48.5 Å². The van der Waals surface area contributed by atoms with Gasteiger partial charge in [0.15, 0.2) is 0 Å². The van der Waals surface area contributed by atoms with Gasteiger partial charge in [-0.05, 0) is 49.2 Å². The third-order valence-corrected chi connectivity index (χ3v) is 6.41. The Bertz CT molecular complexity index is 1000. The molecule has 2 aromatic rings. The zero-order chi connectivity index (χ0) is 22.7. The van der Waals surface area contributed by atoms with Crippen LogP contribution in [0.2, 0.25) is 5.02 Å². The van der Waals surface area contributed by atoms with E-state index in [0.717, 1.165) is 12.8 Å². The minimum atomic E-state index is -0.236. The summed E-state index contributed by atoms with van der Waals surface area (Å²) in [5, 5.41) is 10.5. The van der Waals surface area contributed by atoms with Gasteiger partial charge in [0.1, 0.15) is 5.75 Å². The van der Waals surface area contributed by atoms with Crippen molar-refractivity contribution in [2.45, 2.75) is 12.8 Å². The van der Waals surface area contributed by atoms with Gasteiger partial charge in [0.25, 0.3) is 11.8 Å². The summed E-state index contributed by atoms with van der Waals surface area (Å²) >= 11 is 5.91. The quantitative estimate of drug-likeness (QED) is 0.771. The molecule has 0 aromatic heterocycles. The lowest BCUT2D eigenvalue weighted by Crippen LogP contribution is -2.54. The molecule has 8 heteroatoms. The fourth-order valence-electron chi connectivity index (χ4n) is 4.35. The topological polar surface area (TPSA) is 81.2 Å². The van der Waals surface area contributed by atoms with E-state index in [1.807, 2.05) is 0 Å². The SMILES string of the molecule is O=C(c1ccc(Cl)cc1)N1CCCC(C(=O)N2CCN(C(=O)c3ccccc3O)CC2)C1. The van der Waals surface area contributed by atoms with Crippen LogP contribution in [0.3, 0.4) is 0 Å². The molecule has 4 rings (SSSR count). The van der Waals surface area contributed by atoms with Crippen LogP contribution in [0.5, 0.6) is 5.75 Å². The standard InChI is InChI=1S/C24H26ClN3O4/c25-19-9-7-17(8-10-19)22(30)28-11-3-4-18(16-28)23(31)26-12-14-27(15-13-26)24(32)20-5-1-2-6-21(20)29/h1-2,5-10,18,29H,3-4,11-16H2. The van der Waals surface area contributed by atoms with E-state index in [0.29, 0.717) is 49.9 Å². The van der Waals surface area contributed by atoms with Crippen LogP contribution in [-0.4, -0.2) is 76.8 Å². The molecule has 0 spiro atoms. The van der Waals surface area contributed by atoms with Gasteiger partial charge in [0, 0.05) is 49.9 Å². The highest BCUT2D eigenvalue weighted by molar-refractivity contribution is 6.30. The van der Waals surface area contributed by atoms with Gasteiger partial charge in [-0.1, -0.05) is 23.7 Å². The number of hydrogen-bond donors (Lipinski definition) is 1. The number of aromatic hydroxyl groups is 1. The highest BCUT2D eigenvalue weighted by atomic mass is 35.5. The number of piperazine rings is 1. The Balaban J connectivity index is 1.33. The van der Waals surface area contributed by atoms with Crippen molar-refractivity contribution in [2.75, 3.05) is 39.3 Å². The summed E-state index contributed by atoms with van der Waals surface area (Å²) in [6, 6.07) is 13.3. The first kappa shape index (κ1) is 22.1. The molecule has 2 fully saturated rings. The Morgan fingerprint density at radius 3 is 2.16 bits per heavy atom. The number of halogens is 1. The lowest BCUT2D eigenvalue weighted by molar-refractivity contribution is -0.138. The molecule has 168 valence electrons. The van der Waals surface area contributed by atoms with Gasteiger partial charge in [0.05, 0.1) is 11.5 Å². The number of phenols is 1. The van der Waals surface area contributed by atoms with E-state index in [-0.39, 0.29) is 35.0 Å². The summed E-state index contributed by atoms with van der Waals surface area (Å²) in [6.07, 6.45) is 1.53. The number of carbonyl (C=O) groups is 3. The van der Waals surface area contributed by atoms with E-state index in [1.165, 1.54) is 6.07 Å². The zero-order valence-corrected chi connectivity index (χ0v) is 18.5. The predicted octanol–water partition coefficient (Wildman–Crippen LogP) is 2.88. The monoisotopic (exact) mass is 455 g/mol. The van der Waals surface area contributed by atoms with E-state index in [9.17, 15) is 19.5 Å². The molecule has 2 heterocycles. The van der Waals surface area contributed by atoms with Crippen molar-refractivity contribution in [1.82, 2.24) is 14.7 Å². The Hall–Kier alpha value is -3.06. The first-order valence-electron chi connectivity index (χ1n) is 10.8. The number of para-hydroxylation sites is 1. The van der Waals surface area contributed by atoms with Crippen molar-refractivity contribution in [3.63, 3.8) is 0 Å². The van der Waals surface area contributed by atoms with Crippen LogP contribution in [0, 0.1) is 5.92 Å². The number of piperidine rings is 1. The molecular weight excluding hydrogens is 430 g/mol. The van der Waals surface area contributed by atoms with Gasteiger partial charge in [-0.15, -0.1) is 0 Å². The van der Waals surface area contributed by atoms with Gasteiger partial charge >= 0.3 is 0 Å². The van der Waals surface area contributed by atoms with Crippen molar-refractivity contribution in [3.8, 4) is 5.75 Å². The van der Waals surface area contributed by atoms with Crippen LogP contribution in [0.25, 0.3) is 0 Å². The maximum atomic E-state index is 13.1. The molecule has 3 amide bonds. The number of benzene rings is 2. The molecule has 2 aliphatic heterocycles. The molecule has 1 atom stereocenters. The lowest BCUT2D eigenvalue weighted by Gasteiger charge is -2.39. The van der Waals surface area contributed by atoms with Crippen molar-refractivity contribution < 1.29 is 19.5 Å². The minimum absolute atomic E-state index is 0.0354. The van der Waals surface area contributed by atoms with Crippen LogP contribution < -0.4 is 0 Å². The maximum Gasteiger partial charge on any atom is 0.257 e. The lowest BCUT2D eigenvalue weighted by atomic mass is 9.95. The van der Waals surface area contributed by atoms with E-state index in [4.69, 9.17) is 11.6 Å². The maximum absolute atomic E-state index is 13.1. The zero-order valence-electron chi connectivity index (χ0n) is 17.7. The third kappa shape index (κ3) is 4.72. The average molecular weight is 456 g/mol. The van der Waals surface area contributed by atoms with Crippen molar-refractivity contribution in [2.24, 2.45) is 5.92 Å². The third-order valence-electron chi connectivity index (χ3n) is 6.16. The van der Waals surface area contributed by atoms with Gasteiger partial charge in [-0.2, -0.15) is 0 Å². The van der Waals surface area contributed by atoms with E-state index < -0.39 is 0 Å².